The molecule has 1 fully saturated rings. The number of anilines is 1. The molecule has 0 saturated carbocycles. The fourth-order valence-electron chi connectivity index (χ4n) is 1.67. The second-order valence-corrected chi connectivity index (χ2v) is 3.86. The summed E-state index contributed by atoms with van der Waals surface area (Å²) in [6.45, 7) is 2.41. The van der Waals surface area contributed by atoms with Crippen LogP contribution < -0.4 is 10.1 Å². The van der Waals surface area contributed by atoms with Gasteiger partial charge < -0.3 is 14.8 Å². The third-order valence-electron chi connectivity index (χ3n) is 2.71. The van der Waals surface area contributed by atoms with Gasteiger partial charge in [-0.15, -0.1) is 0 Å². The predicted molar refractivity (Wildman–Crippen MR) is 60.6 cm³/mol. The number of ether oxygens (including phenoxy) is 2. The van der Waals surface area contributed by atoms with Crippen LogP contribution in [0.4, 0.5) is 5.82 Å². The first-order chi connectivity index (χ1) is 7.88. The van der Waals surface area contributed by atoms with Crippen molar-refractivity contribution in [1.82, 2.24) is 9.97 Å². The van der Waals surface area contributed by atoms with E-state index >= 15 is 0 Å². The Bertz CT molecular complexity index is 327. The lowest BCUT2D eigenvalue weighted by Crippen LogP contribution is -2.21. The number of hydrogen-bond acceptors (Lipinski definition) is 5. The quantitative estimate of drug-likeness (QED) is 0.834. The van der Waals surface area contributed by atoms with Crippen LogP contribution in [0.5, 0.6) is 5.88 Å². The molecule has 1 aliphatic rings. The van der Waals surface area contributed by atoms with Crippen molar-refractivity contribution in [3.8, 4) is 5.88 Å². The number of nitrogens with zero attached hydrogens (tertiary/aromatic N) is 2. The van der Waals surface area contributed by atoms with Crippen molar-refractivity contribution >= 4 is 5.82 Å². The molecule has 1 aromatic heterocycles. The summed E-state index contributed by atoms with van der Waals surface area (Å²) in [7, 11) is 1.82. The van der Waals surface area contributed by atoms with Crippen LogP contribution in [-0.4, -0.2) is 36.8 Å². The Morgan fingerprint density at radius 2 is 2.25 bits per heavy atom. The molecule has 0 atom stereocenters. The topological polar surface area (TPSA) is 56.3 Å². The van der Waals surface area contributed by atoms with Gasteiger partial charge in [-0.1, -0.05) is 0 Å². The summed E-state index contributed by atoms with van der Waals surface area (Å²) < 4.78 is 10.9. The minimum atomic E-state index is 0.585. The van der Waals surface area contributed by atoms with Crippen molar-refractivity contribution < 1.29 is 9.47 Å². The lowest BCUT2D eigenvalue weighted by Gasteiger charge is -2.21. The van der Waals surface area contributed by atoms with Crippen molar-refractivity contribution in [1.29, 1.82) is 0 Å². The molecular formula is C11H17N3O2. The number of rotatable bonds is 4. The molecule has 2 heterocycles. The van der Waals surface area contributed by atoms with E-state index in [1.807, 2.05) is 7.05 Å². The van der Waals surface area contributed by atoms with Gasteiger partial charge in [0.2, 0.25) is 5.88 Å². The Morgan fingerprint density at radius 3 is 3.00 bits per heavy atom. The third kappa shape index (κ3) is 3.06. The van der Waals surface area contributed by atoms with E-state index in [-0.39, 0.29) is 0 Å². The minimum Gasteiger partial charge on any atom is -0.477 e. The highest BCUT2D eigenvalue weighted by Gasteiger charge is 2.14. The van der Waals surface area contributed by atoms with E-state index in [0.717, 1.165) is 31.9 Å². The highest BCUT2D eigenvalue weighted by atomic mass is 16.5. The zero-order valence-corrected chi connectivity index (χ0v) is 9.48. The Morgan fingerprint density at radius 1 is 1.44 bits per heavy atom. The molecule has 1 aliphatic heterocycles. The molecule has 0 aliphatic carbocycles. The molecule has 0 unspecified atom stereocenters. The second kappa shape index (κ2) is 5.65. The first kappa shape index (κ1) is 11.1. The highest BCUT2D eigenvalue weighted by molar-refractivity contribution is 5.35. The maximum atomic E-state index is 5.64. The lowest BCUT2D eigenvalue weighted by atomic mass is 10.0. The normalized spacial score (nSPS) is 17.1. The maximum absolute atomic E-state index is 5.64. The van der Waals surface area contributed by atoms with Gasteiger partial charge in [-0.3, -0.25) is 0 Å². The van der Waals surface area contributed by atoms with Crippen LogP contribution in [0.1, 0.15) is 12.8 Å². The van der Waals surface area contributed by atoms with Gasteiger partial charge in [-0.05, 0) is 18.8 Å². The second-order valence-electron chi connectivity index (χ2n) is 3.86. The number of hydrogen-bond donors (Lipinski definition) is 1. The zero-order chi connectivity index (χ0) is 11.2. The number of aromatic nitrogens is 2. The smallest absolute Gasteiger partial charge is 0.218 e. The molecule has 0 bridgehead atoms. The van der Waals surface area contributed by atoms with Crippen molar-refractivity contribution in [3.05, 3.63) is 12.4 Å². The van der Waals surface area contributed by atoms with Gasteiger partial charge in [0.1, 0.15) is 12.1 Å². The van der Waals surface area contributed by atoms with Crippen LogP contribution in [0.3, 0.4) is 0 Å². The van der Waals surface area contributed by atoms with Crippen LogP contribution in [0.15, 0.2) is 12.4 Å². The van der Waals surface area contributed by atoms with Crippen molar-refractivity contribution in [3.63, 3.8) is 0 Å². The fraction of sp³-hybridized carbons (Fsp3) is 0.636. The van der Waals surface area contributed by atoms with E-state index in [4.69, 9.17) is 9.47 Å². The van der Waals surface area contributed by atoms with Crippen molar-refractivity contribution in [2.75, 3.05) is 32.2 Å². The Balaban J connectivity index is 1.83. The Labute approximate surface area is 95.2 Å². The minimum absolute atomic E-state index is 0.585. The van der Waals surface area contributed by atoms with Gasteiger partial charge in [0, 0.05) is 26.3 Å². The summed E-state index contributed by atoms with van der Waals surface area (Å²) in [5, 5.41) is 2.95. The first-order valence-electron chi connectivity index (χ1n) is 5.59. The van der Waals surface area contributed by atoms with Gasteiger partial charge in [0.25, 0.3) is 0 Å². The van der Waals surface area contributed by atoms with E-state index in [1.165, 1.54) is 6.33 Å². The lowest BCUT2D eigenvalue weighted by molar-refractivity contribution is 0.0490. The molecule has 5 heteroatoms. The highest BCUT2D eigenvalue weighted by Crippen LogP contribution is 2.17. The monoisotopic (exact) mass is 223 g/mol. The summed E-state index contributed by atoms with van der Waals surface area (Å²) in [6.07, 6.45) is 3.65. The van der Waals surface area contributed by atoms with Crippen molar-refractivity contribution in [2.45, 2.75) is 12.8 Å². The van der Waals surface area contributed by atoms with Crippen LogP contribution in [0.25, 0.3) is 0 Å². The molecule has 0 spiro atoms. The largest absolute Gasteiger partial charge is 0.477 e. The summed E-state index contributed by atoms with van der Waals surface area (Å²) in [5.74, 6) is 1.99. The standard InChI is InChI=1S/C11H17N3O2/c1-12-10-6-11(14-8-13-10)16-7-9-2-4-15-5-3-9/h6,8-9H,2-5,7H2,1H3,(H,12,13,14). The zero-order valence-electron chi connectivity index (χ0n) is 9.48. The van der Waals surface area contributed by atoms with Crippen LogP contribution in [-0.2, 0) is 4.74 Å². The Hall–Kier alpha value is -1.36. The predicted octanol–water partition coefficient (Wildman–Crippen LogP) is 1.32. The third-order valence-corrected chi connectivity index (χ3v) is 2.71. The molecular weight excluding hydrogens is 206 g/mol. The van der Waals surface area contributed by atoms with E-state index in [0.29, 0.717) is 18.4 Å². The number of nitrogens with one attached hydrogen (secondary N) is 1. The van der Waals surface area contributed by atoms with Crippen molar-refractivity contribution in [2.24, 2.45) is 5.92 Å². The van der Waals surface area contributed by atoms with Gasteiger partial charge >= 0.3 is 0 Å². The molecule has 88 valence electrons. The average Bonchev–Trinajstić information content (AvgIpc) is 2.38. The van der Waals surface area contributed by atoms with E-state index in [2.05, 4.69) is 15.3 Å². The summed E-state index contributed by atoms with van der Waals surface area (Å²) in [4.78, 5) is 8.10. The van der Waals surface area contributed by atoms with Gasteiger partial charge in [0.15, 0.2) is 0 Å². The first-order valence-corrected chi connectivity index (χ1v) is 5.59. The maximum Gasteiger partial charge on any atom is 0.218 e. The van der Waals surface area contributed by atoms with Crippen LogP contribution >= 0.6 is 0 Å². The van der Waals surface area contributed by atoms with Crippen LogP contribution in [0.2, 0.25) is 0 Å². The van der Waals surface area contributed by atoms with Crippen LogP contribution in [0, 0.1) is 5.92 Å². The van der Waals surface area contributed by atoms with E-state index < -0.39 is 0 Å². The molecule has 0 aromatic carbocycles. The molecule has 0 radical (unpaired) electrons. The molecule has 1 aromatic rings. The van der Waals surface area contributed by atoms with Gasteiger partial charge in [0.05, 0.1) is 6.61 Å². The summed E-state index contributed by atoms with van der Waals surface area (Å²) in [5.41, 5.74) is 0. The molecule has 5 nitrogen and oxygen atoms in total. The molecule has 16 heavy (non-hydrogen) atoms. The average molecular weight is 223 g/mol. The molecule has 2 rings (SSSR count). The van der Waals surface area contributed by atoms with Gasteiger partial charge in [-0.2, -0.15) is 0 Å². The fourth-order valence-corrected chi connectivity index (χ4v) is 1.67. The van der Waals surface area contributed by atoms with E-state index in [9.17, 15) is 0 Å². The molecule has 0 amide bonds. The molecule has 1 N–H and O–H groups in total. The Kier molecular flexibility index (Phi) is 3.93. The summed E-state index contributed by atoms with van der Waals surface area (Å²) >= 11 is 0. The summed E-state index contributed by atoms with van der Waals surface area (Å²) in [6, 6.07) is 1.80. The van der Waals surface area contributed by atoms with Gasteiger partial charge in [-0.25, -0.2) is 9.97 Å². The SMILES string of the molecule is CNc1cc(OCC2CCOCC2)ncn1. The van der Waals surface area contributed by atoms with E-state index in [1.54, 1.807) is 6.07 Å². The molecule has 1 saturated heterocycles.